The highest BCUT2D eigenvalue weighted by Crippen LogP contribution is 2.24. The zero-order valence-electron chi connectivity index (χ0n) is 12.4. The van der Waals surface area contributed by atoms with Gasteiger partial charge in [0.15, 0.2) is 0 Å². The van der Waals surface area contributed by atoms with Crippen molar-refractivity contribution in [2.75, 3.05) is 0 Å². The average Bonchev–Trinajstić information content (AvgIpc) is 2.52. The van der Waals surface area contributed by atoms with Gasteiger partial charge >= 0.3 is 0 Å². The molecule has 0 aliphatic heterocycles. The van der Waals surface area contributed by atoms with Crippen LogP contribution in [0.5, 0.6) is 0 Å². The van der Waals surface area contributed by atoms with Crippen molar-refractivity contribution in [2.24, 2.45) is 0 Å². The Morgan fingerprint density at radius 1 is 1.14 bits per heavy atom. The summed E-state index contributed by atoms with van der Waals surface area (Å²) in [6, 6.07) is 16.2. The maximum atomic E-state index is 11.2. The van der Waals surface area contributed by atoms with Crippen LogP contribution in [0, 0.1) is 0 Å². The fraction of sp³-hybridized carbons (Fsp3) is 0.263. The van der Waals surface area contributed by atoms with Crippen LogP contribution in [0.15, 0.2) is 60.8 Å². The number of nitrogens with zero attached hydrogens (tertiary/aromatic N) is 1. The van der Waals surface area contributed by atoms with E-state index in [4.69, 9.17) is 0 Å². The SMILES string of the molecule is CC(=O)CCC(C/C=C/c1ccccc1)c1ccccn1. The first kappa shape index (κ1) is 15.2. The molecule has 0 spiro atoms. The highest BCUT2D eigenvalue weighted by molar-refractivity contribution is 5.75. The maximum Gasteiger partial charge on any atom is 0.129 e. The fourth-order valence-electron chi connectivity index (χ4n) is 2.31. The molecule has 0 saturated heterocycles. The molecular formula is C19H21NO. The largest absolute Gasteiger partial charge is 0.300 e. The number of carbonyl (C=O) groups excluding carboxylic acids is 1. The van der Waals surface area contributed by atoms with Crippen molar-refractivity contribution < 1.29 is 4.79 Å². The highest BCUT2D eigenvalue weighted by atomic mass is 16.1. The van der Waals surface area contributed by atoms with Gasteiger partial charge in [-0.05, 0) is 37.5 Å². The Morgan fingerprint density at radius 2 is 1.90 bits per heavy atom. The molecule has 0 bridgehead atoms. The zero-order chi connectivity index (χ0) is 14.9. The van der Waals surface area contributed by atoms with E-state index in [0.717, 1.165) is 18.5 Å². The van der Waals surface area contributed by atoms with Crippen LogP contribution in [0.1, 0.15) is 43.4 Å². The minimum absolute atomic E-state index is 0.239. The average molecular weight is 279 g/mol. The number of ketones is 1. The summed E-state index contributed by atoms with van der Waals surface area (Å²) >= 11 is 0. The Hall–Kier alpha value is -2.22. The van der Waals surface area contributed by atoms with E-state index in [1.54, 1.807) is 6.92 Å². The van der Waals surface area contributed by atoms with Crippen LogP contribution >= 0.6 is 0 Å². The molecule has 108 valence electrons. The molecule has 2 nitrogen and oxygen atoms in total. The Morgan fingerprint density at radius 3 is 2.57 bits per heavy atom. The van der Waals surface area contributed by atoms with Gasteiger partial charge in [0.1, 0.15) is 5.78 Å². The van der Waals surface area contributed by atoms with Crippen LogP contribution in [-0.2, 0) is 4.79 Å². The molecule has 0 N–H and O–H groups in total. The number of Topliss-reactive ketones (excluding diaryl/α,β-unsaturated/α-hetero) is 1. The van der Waals surface area contributed by atoms with E-state index in [2.05, 4.69) is 29.3 Å². The first-order valence-corrected chi connectivity index (χ1v) is 7.37. The lowest BCUT2D eigenvalue weighted by Crippen LogP contribution is -2.03. The van der Waals surface area contributed by atoms with Gasteiger partial charge in [-0.1, -0.05) is 48.6 Å². The lowest BCUT2D eigenvalue weighted by molar-refractivity contribution is -0.117. The molecule has 0 aliphatic rings. The van der Waals surface area contributed by atoms with Gasteiger partial charge in [-0.2, -0.15) is 0 Å². The van der Waals surface area contributed by atoms with E-state index in [9.17, 15) is 4.79 Å². The third-order valence-electron chi connectivity index (χ3n) is 3.48. The second kappa shape index (κ2) is 8.15. The molecule has 0 fully saturated rings. The molecule has 1 unspecified atom stereocenters. The predicted octanol–water partition coefficient (Wildman–Crippen LogP) is 4.64. The normalized spacial score (nSPS) is 12.4. The molecule has 1 heterocycles. The molecule has 2 rings (SSSR count). The molecule has 21 heavy (non-hydrogen) atoms. The number of hydrogen-bond donors (Lipinski definition) is 0. The summed E-state index contributed by atoms with van der Waals surface area (Å²) in [5.74, 6) is 0.540. The number of rotatable bonds is 7. The summed E-state index contributed by atoms with van der Waals surface area (Å²) in [5.41, 5.74) is 2.26. The van der Waals surface area contributed by atoms with Crippen molar-refractivity contribution >= 4 is 11.9 Å². The van der Waals surface area contributed by atoms with Crippen LogP contribution in [0.25, 0.3) is 6.08 Å². The van der Waals surface area contributed by atoms with Crippen LogP contribution < -0.4 is 0 Å². The van der Waals surface area contributed by atoms with Crippen molar-refractivity contribution in [3.63, 3.8) is 0 Å². The molecule has 2 aromatic rings. The summed E-state index contributed by atoms with van der Waals surface area (Å²) in [6.07, 6.45) is 8.49. The van der Waals surface area contributed by atoms with Crippen LogP contribution in [0.4, 0.5) is 0 Å². The lowest BCUT2D eigenvalue weighted by Gasteiger charge is -2.13. The monoisotopic (exact) mass is 279 g/mol. The van der Waals surface area contributed by atoms with Gasteiger partial charge in [0.2, 0.25) is 0 Å². The summed E-state index contributed by atoms with van der Waals surface area (Å²) < 4.78 is 0. The number of allylic oxidation sites excluding steroid dienone is 1. The minimum Gasteiger partial charge on any atom is -0.300 e. The van der Waals surface area contributed by atoms with E-state index < -0.39 is 0 Å². The number of pyridine rings is 1. The maximum absolute atomic E-state index is 11.2. The van der Waals surface area contributed by atoms with Crippen LogP contribution in [0.3, 0.4) is 0 Å². The third kappa shape index (κ3) is 5.35. The molecule has 1 atom stereocenters. The first-order chi connectivity index (χ1) is 10.3. The second-order valence-electron chi connectivity index (χ2n) is 5.24. The summed E-state index contributed by atoms with van der Waals surface area (Å²) in [7, 11) is 0. The highest BCUT2D eigenvalue weighted by Gasteiger charge is 2.12. The Balaban J connectivity index is 2.02. The van der Waals surface area contributed by atoms with Gasteiger partial charge in [0.05, 0.1) is 0 Å². The van der Waals surface area contributed by atoms with Gasteiger partial charge in [0.25, 0.3) is 0 Å². The first-order valence-electron chi connectivity index (χ1n) is 7.37. The van der Waals surface area contributed by atoms with Gasteiger partial charge in [-0.25, -0.2) is 0 Å². The zero-order valence-corrected chi connectivity index (χ0v) is 12.4. The van der Waals surface area contributed by atoms with Gasteiger partial charge < -0.3 is 4.79 Å². The van der Waals surface area contributed by atoms with Crippen LogP contribution in [-0.4, -0.2) is 10.8 Å². The van der Waals surface area contributed by atoms with Crippen molar-refractivity contribution in [3.8, 4) is 0 Å². The number of aromatic nitrogens is 1. The molecule has 1 aromatic heterocycles. The Kier molecular flexibility index (Phi) is 5.89. The van der Waals surface area contributed by atoms with E-state index >= 15 is 0 Å². The molecular weight excluding hydrogens is 258 g/mol. The van der Waals surface area contributed by atoms with Crippen molar-refractivity contribution in [2.45, 2.75) is 32.1 Å². The Bertz CT molecular complexity index is 575. The third-order valence-corrected chi connectivity index (χ3v) is 3.48. The molecule has 2 heteroatoms. The molecule has 0 aliphatic carbocycles. The molecule has 0 amide bonds. The summed E-state index contributed by atoms with van der Waals surface area (Å²) in [5, 5.41) is 0. The summed E-state index contributed by atoms with van der Waals surface area (Å²) in [4.78, 5) is 15.7. The summed E-state index contributed by atoms with van der Waals surface area (Å²) in [6.45, 7) is 1.65. The quantitative estimate of drug-likeness (QED) is 0.739. The van der Waals surface area contributed by atoms with Crippen molar-refractivity contribution in [3.05, 3.63) is 72.1 Å². The molecule has 0 radical (unpaired) electrons. The minimum atomic E-state index is 0.239. The van der Waals surface area contributed by atoms with E-state index in [1.165, 1.54) is 5.56 Å². The number of hydrogen-bond acceptors (Lipinski definition) is 2. The second-order valence-corrected chi connectivity index (χ2v) is 5.24. The fourth-order valence-corrected chi connectivity index (χ4v) is 2.31. The van der Waals surface area contributed by atoms with Crippen LogP contribution in [0.2, 0.25) is 0 Å². The van der Waals surface area contributed by atoms with Gasteiger partial charge in [0, 0.05) is 24.2 Å². The lowest BCUT2D eigenvalue weighted by atomic mass is 9.94. The Labute approximate surface area is 126 Å². The number of benzene rings is 1. The van der Waals surface area contributed by atoms with Gasteiger partial charge in [-0.15, -0.1) is 0 Å². The van der Waals surface area contributed by atoms with E-state index in [-0.39, 0.29) is 5.78 Å². The smallest absolute Gasteiger partial charge is 0.129 e. The standard InChI is InChI=1S/C19H21NO/c1-16(21)13-14-18(19-12-5-6-15-20-19)11-7-10-17-8-3-2-4-9-17/h2-10,12,15,18H,11,13-14H2,1H3/b10-7+. The van der Waals surface area contributed by atoms with Crippen molar-refractivity contribution in [1.82, 2.24) is 4.98 Å². The van der Waals surface area contributed by atoms with E-state index in [0.29, 0.717) is 12.3 Å². The topological polar surface area (TPSA) is 30.0 Å². The van der Waals surface area contributed by atoms with E-state index in [1.807, 2.05) is 42.6 Å². The van der Waals surface area contributed by atoms with Crippen molar-refractivity contribution in [1.29, 1.82) is 0 Å². The molecule has 0 saturated carbocycles. The molecule has 1 aromatic carbocycles. The number of carbonyl (C=O) groups is 1. The van der Waals surface area contributed by atoms with Gasteiger partial charge in [-0.3, -0.25) is 4.98 Å². The predicted molar refractivity (Wildman–Crippen MR) is 87.0 cm³/mol.